The van der Waals surface area contributed by atoms with Crippen LogP contribution in [0.3, 0.4) is 0 Å². The number of rotatable bonds is 4. The number of esters is 1. The van der Waals surface area contributed by atoms with Gasteiger partial charge in [0.15, 0.2) is 0 Å². The topological polar surface area (TPSA) is 67.9 Å². The second-order valence-corrected chi connectivity index (χ2v) is 4.86. The molecule has 1 aromatic rings. The zero-order chi connectivity index (χ0) is 15.2. The van der Waals surface area contributed by atoms with E-state index in [0.717, 1.165) is 5.56 Å². The lowest BCUT2D eigenvalue weighted by atomic mass is 10.1. The first-order chi connectivity index (χ1) is 10.2. The van der Waals surface area contributed by atoms with Gasteiger partial charge in [0.2, 0.25) is 5.91 Å². The van der Waals surface area contributed by atoms with E-state index in [1.165, 1.54) is 7.11 Å². The molecule has 1 saturated heterocycles. The van der Waals surface area contributed by atoms with Crippen molar-refractivity contribution in [3.63, 3.8) is 0 Å². The Kier molecular flexibility index (Phi) is 5.30. The number of nitrogens with zero attached hydrogens (tertiary/aromatic N) is 1. The second kappa shape index (κ2) is 7.19. The number of hydrogen-bond donors (Lipinski definition) is 1. The Balaban J connectivity index is 2.05. The zero-order valence-electron chi connectivity index (χ0n) is 12.3. The number of carbonyl (C=O) groups excluding carboxylic acids is 2. The van der Waals surface area contributed by atoms with Crippen molar-refractivity contribution >= 4 is 11.9 Å². The van der Waals surface area contributed by atoms with E-state index in [2.05, 4.69) is 15.0 Å². The molecule has 1 heterocycles. The summed E-state index contributed by atoms with van der Waals surface area (Å²) in [6.45, 7) is 2.37. The molecule has 0 bridgehead atoms. The van der Waals surface area contributed by atoms with Crippen molar-refractivity contribution in [2.75, 3.05) is 33.9 Å². The van der Waals surface area contributed by atoms with Crippen LogP contribution >= 0.6 is 0 Å². The molecular weight excluding hydrogens is 272 g/mol. The number of carbonyl (C=O) groups is 2. The van der Waals surface area contributed by atoms with Crippen LogP contribution in [-0.4, -0.2) is 56.7 Å². The molecular formula is C15H20N2O4. The molecule has 1 fully saturated rings. The lowest BCUT2D eigenvalue weighted by Gasteiger charge is -2.34. The van der Waals surface area contributed by atoms with E-state index in [1.807, 2.05) is 12.1 Å². The maximum Gasteiger partial charge on any atom is 0.337 e. The van der Waals surface area contributed by atoms with Crippen LogP contribution < -0.4 is 5.32 Å². The summed E-state index contributed by atoms with van der Waals surface area (Å²) in [5, 5.41) is 2.66. The monoisotopic (exact) mass is 292 g/mol. The number of methoxy groups -OCH3 is 1. The van der Waals surface area contributed by atoms with Gasteiger partial charge in [-0.25, -0.2) is 4.79 Å². The first-order valence-electron chi connectivity index (χ1n) is 6.86. The van der Waals surface area contributed by atoms with E-state index in [1.54, 1.807) is 19.2 Å². The van der Waals surface area contributed by atoms with Gasteiger partial charge in [-0.05, 0) is 17.7 Å². The fourth-order valence-corrected chi connectivity index (χ4v) is 2.33. The average Bonchev–Trinajstić information content (AvgIpc) is 2.54. The lowest BCUT2D eigenvalue weighted by molar-refractivity contribution is -0.132. The number of morpholine rings is 1. The molecule has 1 amide bonds. The van der Waals surface area contributed by atoms with Crippen molar-refractivity contribution in [2.24, 2.45) is 0 Å². The normalized spacial score (nSPS) is 19.0. The minimum absolute atomic E-state index is 0.0409. The van der Waals surface area contributed by atoms with Crippen LogP contribution in [0.5, 0.6) is 0 Å². The van der Waals surface area contributed by atoms with Crippen LogP contribution in [0.25, 0.3) is 0 Å². The quantitative estimate of drug-likeness (QED) is 0.815. The molecule has 2 rings (SSSR count). The Hall–Kier alpha value is -1.92. The Morgan fingerprint density at radius 1 is 1.38 bits per heavy atom. The van der Waals surface area contributed by atoms with E-state index in [-0.39, 0.29) is 17.9 Å². The molecule has 0 aromatic heterocycles. The third-order valence-electron chi connectivity index (χ3n) is 3.55. The molecule has 1 aliphatic rings. The van der Waals surface area contributed by atoms with E-state index >= 15 is 0 Å². The van der Waals surface area contributed by atoms with Gasteiger partial charge in [0, 0.05) is 20.1 Å². The number of likely N-dealkylation sites (N-methyl/N-ethyl adjacent to an activating group) is 1. The summed E-state index contributed by atoms with van der Waals surface area (Å²) in [7, 11) is 2.98. The molecule has 0 aliphatic carbocycles. The van der Waals surface area contributed by atoms with Crippen LogP contribution in [0.4, 0.5) is 0 Å². The first-order valence-corrected chi connectivity index (χ1v) is 6.86. The number of nitrogens with one attached hydrogen (secondary N) is 1. The van der Waals surface area contributed by atoms with Crippen LogP contribution in [0.1, 0.15) is 15.9 Å². The molecule has 1 aromatic carbocycles. The number of amides is 1. The van der Waals surface area contributed by atoms with Crippen molar-refractivity contribution in [3.05, 3.63) is 35.4 Å². The SMILES string of the molecule is CNC(=O)C1COCCN1Cc1ccc(C(=O)OC)cc1. The summed E-state index contributed by atoms with van der Waals surface area (Å²) in [6.07, 6.45) is 0. The maximum atomic E-state index is 11.9. The second-order valence-electron chi connectivity index (χ2n) is 4.86. The van der Waals surface area contributed by atoms with Gasteiger partial charge in [-0.15, -0.1) is 0 Å². The van der Waals surface area contributed by atoms with Crippen LogP contribution in [0.15, 0.2) is 24.3 Å². The predicted molar refractivity (Wildman–Crippen MR) is 76.9 cm³/mol. The molecule has 1 unspecified atom stereocenters. The molecule has 0 radical (unpaired) electrons. The predicted octanol–water partition coefficient (Wildman–Crippen LogP) is 0.420. The van der Waals surface area contributed by atoms with Crippen molar-refractivity contribution < 1.29 is 19.1 Å². The van der Waals surface area contributed by atoms with E-state index in [4.69, 9.17) is 4.74 Å². The minimum Gasteiger partial charge on any atom is -0.465 e. The summed E-state index contributed by atoms with van der Waals surface area (Å²) in [5.74, 6) is -0.392. The summed E-state index contributed by atoms with van der Waals surface area (Å²) < 4.78 is 10.0. The molecule has 1 atom stereocenters. The first kappa shape index (κ1) is 15.5. The molecule has 0 spiro atoms. The van der Waals surface area contributed by atoms with Crippen molar-refractivity contribution in [1.29, 1.82) is 0 Å². The van der Waals surface area contributed by atoms with Gasteiger partial charge in [0.05, 0.1) is 25.9 Å². The molecule has 6 heteroatoms. The van der Waals surface area contributed by atoms with Crippen molar-refractivity contribution in [1.82, 2.24) is 10.2 Å². The van der Waals surface area contributed by atoms with Gasteiger partial charge in [0.25, 0.3) is 0 Å². The zero-order valence-corrected chi connectivity index (χ0v) is 12.3. The highest BCUT2D eigenvalue weighted by molar-refractivity contribution is 5.89. The molecule has 21 heavy (non-hydrogen) atoms. The van der Waals surface area contributed by atoms with Gasteiger partial charge >= 0.3 is 5.97 Å². The van der Waals surface area contributed by atoms with Gasteiger partial charge in [-0.1, -0.05) is 12.1 Å². The fourth-order valence-electron chi connectivity index (χ4n) is 2.33. The lowest BCUT2D eigenvalue weighted by Crippen LogP contribution is -2.52. The van der Waals surface area contributed by atoms with E-state index in [0.29, 0.717) is 31.9 Å². The van der Waals surface area contributed by atoms with Gasteiger partial charge in [-0.2, -0.15) is 0 Å². The Bertz CT molecular complexity index is 501. The minimum atomic E-state index is -0.351. The number of benzene rings is 1. The third-order valence-corrected chi connectivity index (χ3v) is 3.55. The standard InChI is InChI=1S/C15H20N2O4/c1-16-14(18)13-10-21-8-7-17(13)9-11-3-5-12(6-4-11)15(19)20-2/h3-6,13H,7-10H2,1-2H3,(H,16,18). The molecule has 114 valence electrons. The highest BCUT2D eigenvalue weighted by atomic mass is 16.5. The summed E-state index contributed by atoms with van der Waals surface area (Å²) in [6, 6.07) is 6.95. The van der Waals surface area contributed by atoms with E-state index < -0.39 is 0 Å². The Morgan fingerprint density at radius 2 is 2.10 bits per heavy atom. The largest absolute Gasteiger partial charge is 0.465 e. The smallest absolute Gasteiger partial charge is 0.337 e. The van der Waals surface area contributed by atoms with Crippen molar-refractivity contribution in [3.8, 4) is 0 Å². The Labute approximate surface area is 124 Å². The molecule has 1 N–H and O–H groups in total. The number of ether oxygens (including phenoxy) is 2. The van der Waals surface area contributed by atoms with Gasteiger partial charge in [-0.3, -0.25) is 9.69 Å². The fraction of sp³-hybridized carbons (Fsp3) is 0.467. The highest BCUT2D eigenvalue weighted by Gasteiger charge is 2.28. The van der Waals surface area contributed by atoms with Crippen molar-refractivity contribution in [2.45, 2.75) is 12.6 Å². The summed E-state index contributed by atoms with van der Waals surface area (Å²) in [5.41, 5.74) is 1.56. The average molecular weight is 292 g/mol. The van der Waals surface area contributed by atoms with Crippen LogP contribution in [0, 0.1) is 0 Å². The van der Waals surface area contributed by atoms with Gasteiger partial charge in [0.1, 0.15) is 6.04 Å². The van der Waals surface area contributed by atoms with Gasteiger partial charge < -0.3 is 14.8 Å². The highest BCUT2D eigenvalue weighted by Crippen LogP contribution is 2.14. The third kappa shape index (κ3) is 3.80. The molecule has 1 aliphatic heterocycles. The number of hydrogen-bond acceptors (Lipinski definition) is 5. The maximum absolute atomic E-state index is 11.9. The molecule has 6 nitrogen and oxygen atoms in total. The van der Waals surface area contributed by atoms with E-state index in [9.17, 15) is 9.59 Å². The van der Waals surface area contributed by atoms with Crippen LogP contribution in [-0.2, 0) is 20.8 Å². The summed E-state index contributed by atoms with van der Waals surface area (Å²) in [4.78, 5) is 25.3. The van der Waals surface area contributed by atoms with Crippen LogP contribution in [0.2, 0.25) is 0 Å². The summed E-state index contributed by atoms with van der Waals surface area (Å²) >= 11 is 0. The Morgan fingerprint density at radius 3 is 2.71 bits per heavy atom. The molecule has 0 saturated carbocycles.